The monoisotopic (exact) mass is 286 g/mol. The minimum Gasteiger partial charge on any atom is -0.507 e. The van der Waals surface area contributed by atoms with E-state index >= 15 is 0 Å². The van der Waals surface area contributed by atoms with E-state index < -0.39 is 0 Å². The van der Waals surface area contributed by atoms with Gasteiger partial charge < -0.3 is 15.3 Å². The number of phenolic OH excluding ortho intramolecular Hbond substituents is 3. The summed E-state index contributed by atoms with van der Waals surface area (Å²) in [5.74, 6) is -0.304. The number of hydrogen-bond acceptors (Lipinski definition) is 3. The second-order valence-electron chi connectivity index (χ2n) is 5.14. The normalized spacial score (nSPS) is 10.8. The molecule has 2 aromatic carbocycles. The third-order valence-corrected chi connectivity index (χ3v) is 3.99. The van der Waals surface area contributed by atoms with Crippen LogP contribution in [0, 0.1) is 0 Å². The van der Waals surface area contributed by atoms with Crippen LogP contribution in [0.25, 0.3) is 11.1 Å². The molecule has 0 spiro atoms. The Morgan fingerprint density at radius 1 is 0.667 bits per heavy atom. The Hall–Kier alpha value is -2.16. The maximum Gasteiger partial charge on any atom is 0.169 e. The molecule has 0 atom stereocenters. The summed E-state index contributed by atoms with van der Waals surface area (Å²) >= 11 is 0. The quantitative estimate of drug-likeness (QED) is 0.584. The molecule has 0 saturated carbocycles. The van der Waals surface area contributed by atoms with Crippen LogP contribution in [0.15, 0.2) is 24.3 Å². The molecule has 21 heavy (non-hydrogen) atoms. The molecule has 2 aromatic rings. The van der Waals surface area contributed by atoms with Crippen LogP contribution >= 0.6 is 0 Å². The molecule has 0 saturated heterocycles. The zero-order valence-corrected chi connectivity index (χ0v) is 12.8. The lowest BCUT2D eigenvalue weighted by Gasteiger charge is -2.17. The molecule has 3 N–H and O–H groups in total. The summed E-state index contributed by atoms with van der Waals surface area (Å²) in [4.78, 5) is 0. The highest BCUT2D eigenvalue weighted by Crippen LogP contribution is 2.48. The summed E-state index contributed by atoms with van der Waals surface area (Å²) < 4.78 is 0. The minimum atomic E-state index is -0.245. The Balaban J connectivity index is 2.70. The van der Waals surface area contributed by atoms with Crippen LogP contribution in [0.4, 0.5) is 0 Å². The van der Waals surface area contributed by atoms with Gasteiger partial charge in [-0.25, -0.2) is 0 Å². The zero-order chi connectivity index (χ0) is 15.6. The third kappa shape index (κ3) is 2.56. The Kier molecular flexibility index (Phi) is 4.41. The largest absolute Gasteiger partial charge is 0.507 e. The Morgan fingerprint density at radius 2 is 1.19 bits per heavy atom. The van der Waals surface area contributed by atoms with Crippen molar-refractivity contribution in [2.45, 2.75) is 40.0 Å². The third-order valence-electron chi connectivity index (χ3n) is 3.99. The summed E-state index contributed by atoms with van der Waals surface area (Å²) in [5.41, 5.74) is 3.51. The van der Waals surface area contributed by atoms with Crippen LogP contribution in [0.1, 0.15) is 37.5 Å². The fraction of sp³-hybridized carbons (Fsp3) is 0.333. The lowest BCUT2D eigenvalue weighted by atomic mass is 9.92. The van der Waals surface area contributed by atoms with Crippen molar-refractivity contribution in [3.63, 3.8) is 0 Å². The van der Waals surface area contributed by atoms with Gasteiger partial charge in [-0.1, -0.05) is 45.0 Å². The van der Waals surface area contributed by atoms with E-state index in [2.05, 4.69) is 6.92 Å². The van der Waals surface area contributed by atoms with Gasteiger partial charge in [-0.05, 0) is 30.4 Å². The zero-order valence-electron chi connectivity index (χ0n) is 12.8. The molecular formula is C18H22O3. The number of aryl methyl sites for hydroxylation is 1. The maximum atomic E-state index is 10.5. The Morgan fingerprint density at radius 3 is 1.67 bits per heavy atom. The highest BCUT2D eigenvalue weighted by atomic mass is 16.3. The van der Waals surface area contributed by atoms with E-state index in [9.17, 15) is 15.3 Å². The number of phenols is 3. The van der Waals surface area contributed by atoms with Gasteiger partial charge in [-0.3, -0.25) is 0 Å². The number of aromatic hydroxyl groups is 3. The van der Waals surface area contributed by atoms with Crippen molar-refractivity contribution in [3.05, 3.63) is 41.0 Å². The summed E-state index contributed by atoms with van der Waals surface area (Å²) in [6.07, 6.45) is 2.09. The SMILES string of the molecule is CCc1ccc(-c2c(O)c(O)c(CC)c(CC)c2O)cc1. The van der Waals surface area contributed by atoms with Crippen LogP contribution in [-0.4, -0.2) is 15.3 Å². The summed E-state index contributed by atoms with van der Waals surface area (Å²) in [5, 5.41) is 31.0. The molecule has 0 radical (unpaired) electrons. The lowest BCUT2D eigenvalue weighted by Crippen LogP contribution is -1.96. The first-order chi connectivity index (χ1) is 10.0. The highest BCUT2D eigenvalue weighted by molar-refractivity contribution is 5.82. The van der Waals surface area contributed by atoms with Crippen LogP contribution in [0.5, 0.6) is 17.2 Å². The van der Waals surface area contributed by atoms with Crippen molar-refractivity contribution in [2.24, 2.45) is 0 Å². The summed E-state index contributed by atoms with van der Waals surface area (Å²) in [6.45, 7) is 5.89. The first-order valence-corrected chi connectivity index (χ1v) is 7.42. The molecule has 0 bridgehead atoms. The fourth-order valence-corrected chi connectivity index (χ4v) is 2.75. The van der Waals surface area contributed by atoms with Gasteiger partial charge in [-0.15, -0.1) is 0 Å². The molecule has 0 amide bonds. The van der Waals surface area contributed by atoms with E-state index in [-0.39, 0.29) is 17.2 Å². The smallest absolute Gasteiger partial charge is 0.169 e. The van der Waals surface area contributed by atoms with Gasteiger partial charge in [0.15, 0.2) is 11.5 Å². The fourth-order valence-electron chi connectivity index (χ4n) is 2.75. The van der Waals surface area contributed by atoms with Gasteiger partial charge in [0.05, 0.1) is 5.56 Å². The number of benzene rings is 2. The second-order valence-corrected chi connectivity index (χ2v) is 5.14. The van der Waals surface area contributed by atoms with Gasteiger partial charge in [0.25, 0.3) is 0 Å². The van der Waals surface area contributed by atoms with Crippen molar-refractivity contribution >= 4 is 0 Å². The summed E-state index contributed by atoms with van der Waals surface area (Å²) in [6, 6.07) is 7.64. The molecule has 112 valence electrons. The van der Waals surface area contributed by atoms with Crippen LogP contribution < -0.4 is 0 Å². The van der Waals surface area contributed by atoms with E-state index in [0.717, 1.165) is 6.42 Å². The molecule has 3 nitrogen and oxygen atoms in total. The van der Waals surface area contributed by atoms with E-state index in [1.165, 1.54) is 5.56 Å². The summed E-state index contributed by atoms with van der Waals surface area (Å²) in [7, 11) is 0. The van der Waals surface area contributed by atoms with Gasteiger partial charge in [-0.2, -0.15) is 0 Å². The molecule has 0 heterocycles. The number of rotatable bonds is 4. The van der Waals surface area contributed by atoms with Crippen molar-refractivity contribution in [1.82, 2.24) is 0 Å². The number of hydrogen-bond donors (Lipinski definition) is 3. The minimum absolute atomic E-state index is 0.0638. The van der Waals surface area contributed by atoms with Crippen LogP contribution in [0.3, 0.4) is 0 Å². The van der Waals surface area contributed by atoms with Gasteiger partial charge in [0, 0.05) is 11.1 Å². The van der Waals surface area contributed by atoms with E-state index in [0.29, 0.717) is 35.1 Å². The first kappa shape index (κ1) is 15.2. The first-order valence-electron chi connectivity index (χ1n) is 7.42. The van der Waals surface area contributed by atoms with Gasteiger partial charge >= 0.3 is 0 Å². The average molecular weight is 286 g/mol. The molecule has 0 aliphatic carbocycles. The average Bonchev–Trinajstić information content (AvgIpc) is 2.51. The van der Waals surface area contributed by atoms with E-state index in [1.807, 2.05) is 38.1 Å². The van der Waals surface area contributed by atoms with Crippen molar-refractivity contribution in [3.8, 4) is 28.4 Å². The maximum absolute atomic E-state index is 10.5. The van der Waals surface area contributed by atoms with Gasteiger partial charge in [0.1, 0.15) is 5.75 Å². The molecular weight excluding hydrogens is 264 g/mol. The van der Waals surface area contributed by atoms with E-state index in [4.69, 9.17) is 0 Å². The van der Waals surface area contributed by atoms with Crippen molar-refractivity contribution < 1.29 is 15.3 Å². The molecule has 0 aliphatic rings. The molecule has 3 heteroatoms. The van der Waals surface area contributed by atoms with Crippen LogP contribution in [0.2, 0.25) is 0 Å². The molecule has 0 fully saturated rings. The molecule has 0 aromatic heterocycles. The topological polar surface area (TPSA) is 60.7 Å². The van der Waals surface area contributed by atoms with E-state index in [1.54, 1.807) is 0 Å². The lowest BCUT2D eigenvalue weighted by molar-refractivity contribution is 0.392. The van der Waals surface area contributed by atoms with Crippen molar-refractivity contribution in [2.75, 3.05) is 0 Å². The van der Waals surface area contributed by atoms with Gasteiger partial charge in [0.2, 0.25) is 0 Å². The standard InChI is InChI=1S/C18H22O3/c1-4-11-7-9-12(10-8-11)15-16(19)13(5-2)14(6-3)17(20)18(15)21/h7-10,19-21H,4-6H2,1-3H3. The predicted molar refractivity (Wildman–Crippen MR) is 85.0 cm³/mol. The van der Waals surface area contributed by atoms with Crippen molar-refractivity contribution in [1.29, 1.82) is 0 Å². The van der Waals surface area contributed by atoms with Crippen LogP contribution in [-0.2, 0) is 19.3 Å². The Labute approximate surface area is 125 Å². The molecule has 0 unspecified atom stereocenters. The molecule has 2 rings (SSSR count). The second kappa shape index (κ2) is 6.08. The highest BCUT2D eigenvalue weighted by Gasteiger charge is 2.22. The predicted octanol–water partition coefficient (Wildman–Crippen LogP) is 4.16. The Bertz CT molecular complexity index is 643. The molecule has 0 aliphatic heterocycles.